The summed E-state index contributed by atoms with van der Waals surface area (Å²) in [5.74, 6) is -1.67. The molecule has 0 saturated carbocycles. The fraction of sp³-hybridized carbons (Fsp3) is 0.250. The highest BCUT2D eigenvalue weighted by molar-refractivity contribution is 8.15. The van der Waals surface area contributed by atoms with Crippen LogP contribution in [0.3, 0.4) is 0 Å². The van der Waals surface area contributed by atoms with E-state index in [1.807, 2.05) is 6.07 Å². The number of carbonyl (C=O) groups is 2. The second-order valence-electron chi connectivity index (χ2n) is 4.00. The van der Waals surface area contributed by atoms with Crippen LogP contribution in [0.25, 0.3) is 0 Å². The third kappa shape index (κ3) is 3.64. The summed E-state index contributed by atoms with van der Waals surface area (Å²) in [6, 6.07) is 3.62. The fourth-order valence-electron chi connectivity index (χ4n) is 1.49. The number of amides is 1. The molecule has 0 aromatic carbocycles. The standard InChI is InChI=1S/C12H12N4O3S/c1-7(8-3-2-4-13-6-8)15-16-12-14-11(19)9(20-12)5-10(17)18/h2-4,6,9H,5H2,1H3,(H,17,18)(H,14,16,19)/p-1/b15-7-/t9-/m1/s1. The molecule has 7 nitrogen and oxygen atoms in total. The highest BCUT2D eigenvalue weighted by atomic mass is 32.2. The van der Waals surface area contributed by atoms with Gasteiger partial charge in [0.25, 0.3) is 0 Å². The molecule has 0 radical (unpaired) electrons. The summed E-state index contributed by atoms with van der Waals surface area (Å²) >= 11 is 1.03. The largest absolute Gasteiger partial charge is 0.550 e. The number of carboxylic acid groups (broad SMARTS) is 1. The first-order chi connectivity index (χ1) is 9.56. The van der Waals surface area contributed by atoms with Crippen LogP contribution in [0.2, 0.25) is 0 Å². The summed E-state index contributed by atoms with van der Waals surface area (Å²) in [5, 5.41) is 20.4. The van der Waals surface area contributed by atoms with Gasteiger partial charge < -0.3 is 15.2 Å². The van der Waals surface area contributed by atoms with Gasteiger partial charge in [-0.3, -0.25) is 9.78 Å². The zero-order chi connectivity index (χ0) is 14.5. The van der Waals surface area contributed by atoms with Gasteiger partial charge in [-0.05, 0) is 13.0 Å². The molecule has 104 valence electrons. The maximum absolute atomic E-state index is 11.5. The predicted octanol–water partition coefficient (Wildman–Crippen LogP) is -0.467. The second-order valence-corrected chi connectivity index (χ2v) is 5.20. The Morgan fingerprint density at radius 1 is 1.60 bits per heavy atom. The van der Waals surface area contributed by atoms with Crippen LogP contribution in [0.15, 0.2) is 34.7 Å². The number of thioether (sulfide) groups is 1. The maximum atomic E-state index is 11.5. The van der Waals surface area contributed by atoms with Crippen molar-refractivity contribution in [2.24, 2.45) is 10.2 Å². The van der Waals surface area contributed by atoms with Gasteiger partial charge >= 0.3 is 0 Å². The van der Waals surface area contributed by atoms with Crippen molar-refractivity contribution in [3.63, 3.8) is 0 Å². The molecular weight excluding hydrogens is 280 g/mol. The van der Waals surface area contributed by atoms with Crippen LogP contribution in [-0.2, 0) is 9.59 Å². The minimum Gasteiger partial charge on any atom is -0.550 e. The predicted molar refractivity (Wildman–Crippen MR) is 73.0 cm³/mol. The number of pyridine rings is 1. The molecule has 1 aromatic rings. The van der Waals surface area contributed by atoms with Crippen molar-refractivity contribution in [1.82, 2.24) is 10.3 Å². The lowest BCUT2D eigenvalue weighted by atomic mass is 10.2. The van der Waals surface area contributed by atoms with E-state index in [0.29, 0.717) is 5.71 Å². The van der Waals surface area contributed by atoms with Gasteiger partial charge in [0.15, 0.2) is 5.17 Å². The number of aliphatic carboxylic acids is 1. The van der Waals surface area contributed by atoms with Crippen molar-refractivity contribution in [2.75, 3.05) is 0 Å². The lowest BCUT2D eigenvalue weighted by molar-refractivity contribution is -0.305. The number of carboxylic acids is 1. The molecule has 1 amide bonds. The van der Waals surface area contributed by atoms with Crippen LogP contribution >= 0.6 is 11.8 Å². The molecule has 0 bridgehead atoms. The molecule has 2 heterocycles. The van der Waals surface area contributed by atoms with E-state index in [-0.39, 0.29) is 11.6 Å². The van der Waals surface area contributed by atoms with Gasteiger partial charge in [0.2, 0.25) is 5.91 Å². The molecule has 20 heavy (non-hydrogen) atoms. The van der Waals surface area contributed by atoms with E-state index in [0.717, 1.165) is 17.3 Å². The molecule has 0 spiro atoms. The lowest BCUT2D eigenvalue weighted by Gasteiger charge is -2.04. The minimum absolute atomic E-state index is 0.282. The van der Waals surface area contributed by atoms with Crippen LogP contribution in [0.4, 0.5) is 0 Å². The highest BCUT2D eigenvalue weighted by Gasteiger charge is 2.30. The molecule has 1 aliphatic rings. The first-order valence-corrected chi connectivity index (χ1v) is 6.64. The Morgan fingerprint density at radius 2 is 2.40 bits per heavy atom. The molecule has 2 rings (SSSR count). The second kappa shape index (κ2) is 6.29. The molecular formula is C12H11N4O3S-. The normalized spacial score (nSPS) is 21.1. The molecule has 0 unspecified atom stereocenters. The molecule has 1 atom stereocenters. The molecule has 1 saturated heterocycles. The van der Waals surface area contributed by atoms with Gasteiger partial charge in [0.1, 0.15) is 0 Å². The lowest BCUT2D eigenvalue weighted by Crippen LogP contribution is -2.31. The van der Waals surface area contributed by atoms with E-state index < -0.39 is 17.1 Å². The number of amidine groups is 1. The third-order valence-electron chi connectivity index (χ3n) is 2.50. The van der Waals surface area contributed by atoms with Crippen molar-refractivity contribution >= 4 is 34.5 Å². The van der Waals surface area contributed by atoms with Crippen LogP contribution in [0.1, 0.15) is 18.9 Å². The van der Waals surface area contributed by atoms with E-state index in [1.54, 1.807) is 25.4 Å². The Morgan fingerprint density at radius 3 is 3.05 bits per heavy atom. The first-order valence-electron chi connectivity index (χ1n) is 5.76. The number of hydrogen-bond acceptors (Lipinski definition) is 7. The molecule has 1 aliphatic heterocycles. The summed E-state index contributed by atoms with van der Waals surface area (Å²) in [4.78, 5) is 25.9. The van der Waals surface area contributed by atoms with E-state index in [9.17, 15) is 14.7 Å². The van der Waals surface area contributed by atoms with Crippen molar-refractivity contribution in [3.05, 3.63) is 30.1 Å². The van der Waals surface area contributed by atoms with Crippen molar-refractivity contribution in [2.45, 2.75) is 18.6 Å². The van der Waals surface area contributed by atoms with Gasteiger partial charge in [-0.15, -0.1) is 5.10 Å². The van der Waals surface area contributed by atoms with Crippen LogP contribution in [0, 0.1) is 0 Å². The number of aromatic nitrogens is 1. The molecule has 0 aliphatic carbocycles. The SMILES string of the molecule is C/C(=N/N=C1\NC(=O)[C@@H](CC(=O)[O-])S1)c1cccnc1. The van der Waals surface area contributed by atoms with E-state index in [1.165, 1.54) is 0 Å². The summed E-state index contributed by atoms with van der Waals surface area (Å²) in [5.41, 5.74) is 1.46. The van der Waals surface area contributed by atoms with E-state index >= 15 is 0 Å². The van der Waals surface area contributed by atoms with Gasteiger partial charge in [-0.1, -0.05) is 17.8 Å². The number of rotatable bonds is 4. The topological polar surface area (TPSA) is 107 Å². The molecule has 1 fully saturated rings. The van der Waals surface area contributed by atoms with E-state index in [2.05, 4.69) is 20.5 Å². The number of carbonyl (C=O) groups excluding carboxylic acids is 2. The summed E-state index contributed by atoms with van der Waals surface area (Å²) in [6.45, 7) is 1.77. The van der Waals surface area contributed by atoms with Crippen molar-refractivity contribution in [1.29, 1.82) is 0 Å². The minimum atomic E-state index is -1.27. The summed E-state index contributed by atoms with van der Waals surface area (Å²) in [6.07, 6.45) is 2.96. The zero-order valence-electron chi connectivity index (χ0n) is 10.6. The quantitative estimate of drug-likeness (QED) is 0.596. The Labute approximate surface area is 119 Å². The summed E-state index contributed by atoms with van der Waals surface area (Å²) < 4.78 is 0. The Hall–Kier alpha value is -2.22. The van der Waals surface area contributed by atoms with Crippen LogP contribution in [0.5, 0.6) is 0 Å². The van der Waals surface area contributed by atoms with Crippen molar-refractivity contribution < 1.29 is 14.7 Å². The number of nitrogens with one attached hydrogen (secondary N) is 1. The number of nitrogens with zero attached hydrogens (tertiary/aromatic N) is 3. The zero-order valence-corrected chi connectivity index (χ0v) is 11.4. The van der Waals surface area contributed by atoms with E-state index in [4.69, 9.17) is 0 Å². The molecule has 8 heteroatoms. The van der Waals surface area contributed by atoms with Crippen LogP contribution in [-0.4, -0.2) is 33.0 Å². The Bertz CT molecular complexity index is 586. The number of hydrogen-bond donors (Lipinski definition) is 1. The molecule has 1 aromatic heterocycles. The average molecular weight is 291 g/mol. The third-order valence-corrected chi connectivity index (χ3v) is 3.57. The first kappa shape index (κ1) is 14.2. The van der Waals surface area contributed by atoms with Crippen LogP contribution < -0.4 is 10.4 Å². The monoisotopic (exact) mass is 291 g/mol. The van der Waals surface area contributed by atoms with Gasteiger partial charge in [0.05, 0.1) is 11.0 Å². The Balaban J connectivity index is 2.06. The van der Waals surface area contributed by atoms with Crippen molar-refractivity contribution in [3.8, 4) is 0 Å². The fourth-order valence-corrected chi connectivity index (χ4v) is 2.40. The van der Waals surface area contributed by atoms with Gasteiger partial charge in [-0.2, -0.15) is 5.10 Å². The smallest absolute Gasteiger partial charge is 0.239 e. The Kier molecular flexibility index (Phi) is 4.46. The maximum Gasteiger partial charge on any atom is 0.239 e. The highest BCUT2D eigenvalue weighted by Crippen LogP contribution is 2.22. The molecule has 1 N–H and O–H groups in total. The van der Waals surface area contributed by atoms with Gasteiger partial charge in [-0.25, -0.2) is 0 Å². The average Bonchev–Trinajstić information content (AvgIpc) is 2.77. The summed E-state index contributed by atoms with van der Waals surface area (Å²) in [7, 11) is 0. The van der Waals surface area contributed by atoms with Gasteiger partial charge in [0, 0.05) is 30.3 Å².